The quantitative estimate of drug-likeness (QED) is 0.704. The maximum absolute atomic E-state index is 11.1. The fraction of sp³-hybridized carbons (Fsp3) is 0.167. The van der Waals surface area contributed by atoms with Gasteiger partial charge in [-0.05, 0) is 12.2 Å². The van der Waals surface area contributed by atoms with Gasteiger partial charge in [0.15, 0.2) is 0 Å². The molecule has 100 valence electrons. The lowest BCUT2D eigenvalue weighted by Crippen LogP contribution is -2.15. The fourth-order valence-corrected chi connectivity index (χ4v) is 2.66. The minimum absolute atomic E-state index is 0.106. The summed E-state index contributed by atoms with van der Waals surface area (Å²) in [4.78, 5) is 0.211. The minimum atomic E-state index is -2.39. The van der Waals surface area contributed by atoms with Gasteiger partial charge < -0.3 is 4.74 Å². The highest BCUT2D eigenvalue weighted by molar-refractivity contribution is 7.73. The zero-order valence-corrected chi connectivity index (χ0v) is 11.4. The molecule has 0 bridgehead atoms. The van der Waals surface area contributed by atoms with Gasteiger partial charge in [0.05, 0.1) is 0 Å². The van der Waals surface area contributed by atoms with E-state index in [2.05, 4.69) is 0 Å². The molecule has 0 unspecified atom stereocenters. The number of ether oxygens (including phenoxy) is 1. The van der Waals surface area contributed by atoms with Crippen molar-refractivity contribution in [2.75, 3.05) is 0 Å². The standard InChI is InChI=1S/C12H10O5S2/c13-18(14)11-7-3-1-5-9(11)17-10-6-2-4-8-12(10)19(15)16/h1-6H,7-8H2. The maximum Gasteiger partial charge on any atom is 0.221 e. The summed E-state index contributed by atoms with van der Waals surface area (Å²) in [5.41, 5.74) is 0. The molecule has 19 heavy (non-hydrogen) atoms. The van der Waals surface area contributed by atoms with E-state index in [1.165, 1.54) is 12.2 Å². The molecule has 0 aromatic heterocycles. The second-order valence-electron chi connectivity index (χ2n) is 3.74. The molecule has 0 aromatic rings. The van der Waals surface area contributed by atoms with E-state index in [1.54, 1.807) is 24.3 Å². The second-order valence-corrected chi connectivity index (χ2v) is 5.67. The predicted octanol–water partition coefficient (Wildman–Crippen LogP) is 0.794. The zero-order chi connectivity index (χ0) is 13.8. The summed E-state index contributed by atoms with van der Waals surface area (Å²) in [6.45, 7) is 0. The van der Waals surface area contributed by atoms with Crippen molar-refractivity contribution >= 4 is 30.3 Å². The summed E-state index contributed by atoms with van der Waals surface area (Å²) in [7, 11) is -4.79. The highest BCUT2D eigenvalue weighted by atomic mass is 32.2. The van der Waals surface area contributed by atoms with Gasteiger partial charge in [-0.2, -0.15) is 16.8 Å². The summed E-state index contributed by atoms with van der Waals surface area (Å²) in [6, 6.07) is 0. The number of allylic oxidation sites excluding steroid dienone is 8. The Morgan fingerprint density at radius 3 is 1.58 bits per heavy atom. The highest BCUT2D eigenvalue weighted by Gasteiger charge is 2.18. The first kappa shape index (κ1) is 13.6. The molecule has 0 radical (unpaired) electrons. The zero-order valence-electron chi connectivity index (χ0n) is 9.74. The SMILES string of the molecule is O=S(=O)=C1CC=CC=C1OC1=CC=CCC1=S(=O)=O. The van der Waals surface area contributed by atoms with Crippen molar-refractivity contribution in [1.29, 1.82) is 0 Å². The third-order valence-corrected chi connectivity index (χ3v) is 4.09. The van der Waals surface area contributed by atoms with Crippen LogP contribution in [0.3, 0.4) is 0 Å². The molecule has 0 amide bonds. The van der Waals surface area contributed by atoms with Gasteiger partial charge in [0, 0.05) is 12.8 Å². The van der Waals surface area contributed by atoms with Gasteiger partial charge in [-0.3, -0.25) is 0 Å². The van der Waals surface area contributed by atoms with E-state index in [0.717, 1.165) is 0 Å². The number of hydrogen-bond acceptors (Lipinski definition) is 5. The van der Waals surface area contributed by atoms with Gasteiger partial charge in [-0.15, -0.1) is 0 Å². The normalized spacial score (nSPS) is 17.9. The molecule has 0 spiro atoms. The van der Waals surface area contributed by atoms with E-state index in [9.17, 15) is 16.8 Å². The van der Waals surface area contributed by atoms with Crippen LogP contribution in [-0.2, 0) is 25.3 Å². The molecule has 5 nitrogen and oxygen atoms in total. The Balaban J connectivity index is 2.41. The number of hydrogen-bond donors (Lipinski definition) is 0. The monoisotopic (exact) mass is 298 g/mol. The molecule has 0 saturated carbocycles. The van der Waals surface area contributed by atoms with Crippen molar-refractivity contribution in [3.63, 3.8) is 0 Å². The Labute approximate surface area is 113 Å². The first-order chi connectivity index (χ1) is 9.09. The molecule has 2 rings (SSSR count). The van der Waals surface area contributed by atoms with Crippen LogP contribution in [-0.4, -0.2) is 26.6 Å². The van der Waals surface area contributed by atoms with Crippen LogP contribution >= 0.6 is 0 Å². The van der Waals surface area contributed by atoms with Crippen LogP contribution in [0.5, 0.6) is 0 Å². The van der Waals surface area contributed by atoms with Crippen molar-refractivity contribution < 1.29 is 21.6 Å². The summed E-state index contributed by atoms with van der Waals surface area (Å²) >= 11 is 0. The molecule has 0 aliphatic heterocycles. The van der Waals surface area contributed by atoms with Crippen LogP contribution in [0.4, 0.5) is 0 Å². The minimum Gasteiger partial charge on any atom is -0.455 e. The molecular weight excluding hydrogens is 288 g/mol. The Morgan fingerprint density at radius 2 is 1.21 bits per heavy atom. The second kappa shape index (κ2) is 5.85. The van der Waals surface area contributed by atoms with Crippen LogP contribution in [0.1, 0.15) is 12.8 Å². The largest absolute Gasteiger partial charge is 0.455 e. The Morgan fingerprint density at radius 1 is 0.789 bits per heavy atom. The Bertz CT molecular complexity index is 703. The topological polar surface area (TPSA) is 77.5 Å². The van der Waals surface area contributed by atoms with Gasteiger partial charge >= 0.3 is 0 Å². The van der Waals surface area contributed by atoms with Gasteiger partial charge in [0.1, 0.15) is 21.2 Å². The van der Waals surface area contributed by atoms with E-state index in [4.69, 9.17) is 4.74 Å². The van der Waals surface area contributed by atoms with Gasteiger partial charge in [-0.1, -0.05) is 24.3 Å². The average Bonchev–Trinajstić information content (AvgIpc) is 2.39. The van der Waals surface area contributed by atoms with Gasteiger partial charge in [0.2, 0.25) is 20.6 Å². The van der Waals surface area contributed by atoms with Crippen molar-refractivity contribution in [3.05, 3.63) is 48.0 Å². The molecule has 0 N–H and O–H groups in total. The smallest absolute Gasteiger partial charge is 0.221 e. The van der Waals surface area contributed by atoms with Crippen molar-refractivity contribution in [2.24, 2.45) is 0 Å². The van der Waals surface area contributed by atoms with Crippen LogP contribution in [0.2, 0.25) is 0 Å². The van der Waals surface area contributed by atoms with Crippen LogP contribution < -0.4 is 0 Å². The Hall–Kier alpha value is -1.86. The molecule has 0 fully saturated rings. The van der Waals surface area contributed by atoms with E-state index < -0.39 is 20.6 Å². The van der Waals surface area contributed by atoms with E-state index in [-0.39, 0.29) is 34.1 Å². The van der Waals surface area contributed by atoms with Crippen LogP contribution in [0, 0.1) is 0 Å². The average molecular weight is 298 g/mol. The van der Waals surface area contributed by atoms with E-state index in [1.807, 2.05) is 0 Å². The van der Waals surface area contributed by atoms with Crippen LogP contribution in [0.25, 0.3) is 0 Å². The molecule has 0 saturated heterocycles. The lowest BCUT2D eigenvalue weighted by molar-refractivity contribution is 0.353. The third kappa shape index (κ3) is 3.12. The highest BCUT2D eigenvalue weighted by Crippen LogP contribution is 2.18. The van der Waals surface area contributed by atoms with E-state index >= 15 is 0 Å². The first-order valence-corrected chi connectivity index (χ1v) is 7.57. The summed E-state index contributed by atoms with van der Waals surface area (Å²) in [5, 5.41) is 0. The molecule has 0 aromatic carbocycles. The maximum atomic E-state index is 11.1. The molecule has 2 aliphatic carbocycles. The van der Waals surface area contributed by atoms with Crippen molar-refractivity contribution in [2.45, 2.75) is 12.8 Å². The van der Waals surface area contributed by atoms with Gasteiger partial charge in [0.25, 0.3) is 0 Å². The Kier molecular flexibility index (Phi) is 4.18. The summed E-state index contributed by atoms with van der Waals surface area (Å²) in [6.07, 6.45) is 10.2. The third-order valence-electron chi connectivity index (χ3n) is 2.55. The number of rotatable bonds is 2. The predicted molar refractivity (Wildman–Crippen MR) is 72.6 cm³/mol. The summed E-state index contributed by atoms with van der Waals surface area (Å²) < 4.78 is 49.7. The van der Waals surface area contributed by atoms with E-state index in [0.29, 0.717) is 0 Å². The summed E-state index contributed by atoms with van der Waals surface area (Å²) in [5.74, 6) is 0.306. The van der Waals surface area contributed by atoms with Gasteiger partial charge in [-0.25, -0.2) is 0 Å². The molecular formula is C12H10O5S2. The lowest BCUT2D eigenvalue weighted by Gasteiger charge is -2.15. The van der Waals surface area contributed by atoms with Crippen molar-refractivity contribution in [3.8, 4) is 0 Å². The molecule has 0 atom stereocenters. The van der Waals surface area contributed by atoms with Crippen LogP contribution in [0.15, 0.2) is 48.0 Å². The molecule has 0 heterocycles. The molecule has 7 heteroatoms. The van der Waals surface area contributed by atoms with Crippen molar-refractivity contribution in [1.82, 2.24) is 0 Å². The lowest BCUT2D eigenvalue weighted by atomic mass is 10.1. The fourth-order valence-electron chi connectivity index (χ4n) is 1.65. The first-order valence-electron chi connectivity index (χ1n) is 5.42. The molecule has 2 aliphatic rings.